The number of fused-ring (bicyclic) bond motifs is 1. The molecule has 4 N–H and O–H groups in total. The zero-order chi connectivity index (χ0) is 34.5. The summed E-state index contributed by atoms with van der Waals surface area (Å²) in [5.41, 5.74) is 8.62. The molecule has 0 aliphatic carbocycles. The molecule has 0 radical (unpaired) electrons. The molecule has 254 valence electrons. The van der Waals surface area contributed by atoms with E-state index in [0.29, 0.717) is 41.7 Å². The summed E-state index contributed by atoms with van der Waals surface area (Å²) in [5, 5.41) is 17.2. The third-order valence-electron chi connectivity index (χ3n) is 9.89. The number of likely N-dealkylation sites (tertiary alicyclic amines) is 1. The second-order valence-electron chi connectivity index (χ2n) is 13.3. The summed E-state index contributed by atoms with van der Waals surface area (Å²) >= 11 is 0. The molecule has 1 atom stereocenters. The minimum Gasteiger partial charge on any atom is -0.494 e. The van der Waals surface area contributed by atoms with Crippen molar-refractivity contribution in [1.82, 2.24) is 20.5 Å². The Morgan fingerprint density at radius 2 is 1.44 bits per heavy atom. The maximum absolute atomic E-state index is 13.2. The lowest BCUT2D eigenvalue weighted by Crippen LogP contribution is -2.39. The predicted molar refractivity (Wildman–Crippen MR) is 199 cm³/mol. The summed E-state index contributed by atoms with van der Waals surface area (Å²) in [4.78, 5) is 35.5. The van der Waals surface area contributed by atoms with Crippen LogP contribution in [0.15, 0.2) is 108 Å². The number of rotatable bonds is 12. The van der Waals surface area contributed by atoms with Crippen molar-refractivity contribution in [2.45, 2.75) is 45.2 Å². The number of aromatic amines is 1. The van der Waals surface area contributed by atoms with E-state index in [4.69, 9.17) is 0 Å². The van der Waals surface area contributed by atoms with Crippen LogP contribution in [0.2, 0.25) is 0 Å². The highest BCUT2D eigenvalue weighted by Gasteiger charge is 2.33. The number of piperidine rings is 1. The van der Waals surface area contributed by atoms with E-state index in [0.717, 1.165) is 58.5 Å². The smallest absolute Gasteiger partial charge is 0.280 e. The first kappa shape index (κ1) is 33.2. The van der Waals surface area contributed by atoms with Gasteiger partial charge >= 0.3 is 0 Å². The Kier molecular flexibility index (Phi) is 10.0. The Morgan fingerprint density at radius 1 is 0.820 bits per heavy atom. The first-order valence-electron chi connectivity index (χ1n) is 17.6. The van der Waals surface area contributed by atoms with Gasteiger partial charge < -0.3 is 25.6 Å². The average molecular weight is 666 g/mol. The van der Waals surface area contributed by atoms with Gasteiger partial charge in [0.2, 0.25) is 5.91 Å². The van der Waals surface area contributed by atoms with Gasteiger partial charge in [-0.2, -0.15) is 0 Å². The fourth-order valence-electron chi connectivity index (χ4n) is 7.03. The Bertz CT molecular complexity index is 1980. The van der Waals surface area contributed by atoms with Gasteiger partial charge in [0, 0.05) is 18.2 Å². The van der Waals surface area contributed by atoms with Crippen molar-refractivity contribution in [2.24, 2.45) is 4.99 Å². The fourth-order valence-corrected chi connectivity index (χ4v) is 7.03. The zero-order valence-electron chi connectivity index (χ0n) is 28.4. The normalized spacial score (nSPS) is 15.9. The van der Waals surface area contributed by atoms with E-state index in [-0.39, 0.29) is 17.7 Å². The van der Waals surface area contributed by atoms with Crippen LogP contribution < -0.4 is 10.6 Å². The van der Waals surface area contributed by atoms with Gasteiger partial charge in [0.25, 0.3) is 5.91 Å². The number of hydrogen-bond donors (Lipinski definition) is 4. The highest BCUT2D eigenvalue weighted by molar-refractivity contribution is 6.30. The number of amides is 2. The van der Waals surface area contributed by atoms with Crippen LogP contribution in [0.1, 0.15) is 59.7 Å². The van der Waals surface area contributed by atoms with Crippen molar-refractivity contribution < 1.29 is 14.7 Å². The lowest BCUT2D eigenvalue weighted by molar-refractivity contribution is -0.120. The number of benzene rings is 4. The molecular weight excluding hydrogens is 622 g/mol. The highest BCUT2D eigenvalue weighted by atomic mass is 16.3. The molecular formula is C42H43N5O3. The molecule has 7 rings (SSSR count). The van der Waals surface area contributed by atoms with Crippen LogP contribution in [0.3, 0.4) is 0 Å². The molecule has 0 bridgehead atoms. The standard InChI is InChI=1S/C42H43N5O3/c1-28-8-5-6-24-47(28)25-7-23-43-27-36(48)44-26-29-11-13-31(14-12-29)33-17-21-35(22-18-33)40-38-37(41(49)46-40)39(45-42(38)50)34-19-15-32(16-20-34)30-9-3-2-4-10-30/h2-4,9-22,28,43,45,50H,5-8,23-27H2,1H3,(H,44,48). The molecule has 2 aliphatic rings. The number of carbonyl (C=O) groups is 2. The third kappa shape index (κ3) is 7.32. The molecule has 4 aromatic carbocycles. The minimum absolute atomic E-state index is 0.00554. The molecule has 2 aliphatic heterocycles. The number of hydrogen-bond acceptors (Lipinski definition) is 5. The average Bonchev–Trinajstić information content (AvgIpc) is 3.69. The Hall–Kier alpha value is -5.31. The van der Waals surface area contributed by atoms with Gasteiger partial charge in [0.15, 0.2) is 5.88 Å². The Labute approximate surface area is 293 Å². The maximum atomic E-state index is 13.2. The molecule has 2 amide bonds. The van der Waals surface area contributed by atoms with E-state index >= 15 is 0 Å². The molecule has 50 heavy (non-hydrogen) atoms. The summed E-state index contributed by atoms with van der Waals surface area (Å²) in [7, 11) is 0. The van der Waals surface area contributed by atoms with Gasteiger partial charge in [-0.05, 0) is 79.2 Å². The van der Waals surface area contributed by atoms with Crippen LogP contribution in [-0.2, 0) is 11.3 Å². The summed E-state index contributed by atoms with van der Waals surface area (Å²) in [5.74, 6) is -0.454. The van der Waals surface area contributed by atoms with Crippen molar-refractivity contribution in [3.05, 3.63) is 125 Å². The summed E-state index contributed by atoms with van der Waals surface area (Å²) in [6, 6.07) is 34.6. The molecule has 1 unspecified atom stereocenters. The summed E-state index contributed by atoms with van der Waals surface area (Å²) < 4.78 is 0. The summed E-state index contributed by atoms with van der Waals surface area (Å²) in [6.45, 7) is 6.22. The first-order chi connectivity index (χ1) is 24.4. The van der Waals surface area contributed by atoms with E-state index in [1.165, 1.54) is 25.8 Å². The van der Waals surface area contributed by atoms with Crippen molar-refractivity contribution in [3.63, 3.8) is 0 Å². The third-order valence-corrected chi connectivity index (χ3v) is 9.89. The van der Waals surface area contributed by atoms with Gasteiger partial charge in [0.05, 0.1) is 29.1 Å². The molecule has 0 spiro atoms. The Balaban J connectivity index is 0.933. The minimum atomic E-state index is -0.376. The second kappa shape index (κ2) is 15.1. The SMILES string of the molecule is CC1CCCCN1CCCNCC(=O)NCc1ccc(-c2ccc(C3=NC(=O)c4c(-c5ccc(-c6ccccc6)cc5)[nH]c(O)c43)cc2)cc1. The Morgan fingerprint density at radius 3 is 2.12 bits per heavy atom. The number of H-pyrrole nitrogens is 1. The lowest BCUT2D eigenvalue weighted by Gasteiger charge is -2.33. The van der Waals surface area contributed by atoms with Gasteiger partial charge in [0.1, 0.15) is 0 Å². The molecule has 8 heteroatoms. The second-order valence-corrected chi connectivity index (χ2v) is 13.3. The fraction of sp³-hybridized carbons (Fsp3) is 0.262. The van der Waals surface area contributed by atoms with Crippen molar-refractivity contribution >= 4 is 17.5 Å². The van der Waals surface area contributed by atoms with E-state index in [9.17, 15) is 14.7 Å². The van der Waals surface area contributed by atoms with E-state index in [2.05, 4.69) is 44.6 Å². The van der Waals surface area contributed by atoms with Crippen LogP contribution in [0.4, 0.5) is 0 Å². The van der Waals surface area contributed by atoms with E-state index in [1.54, 1.807) is 0 Å². The van der Waals surface area contributed by atoms with Crippen LogP contribution >= 0.6 is 0 Å². The summed E-state index contributed by atoms with van der Waals surface area (Å²) in [6.07, 6.45) is 4.97. The zero-order valence-corrected chi connectivity index (χ0v) is 28.4. The van der Waals surface area contributed by atoms with Crippen molar-refractivity contribution in [1.29, 1.82) is 0 Å². The van der Waals surface area contributed by atoms with Crippen molar-refractivity contribution in [2.75, 3.05) is 26.2 Å². The van der Waals surface area contributed by atoms with Gasteiger partial charge in [-0.15, -0.1) is 0 Å². The molecule has 5 aromatic rings. The number of aromatic hydroxyl groups is 1. The van der Waals surface area contributed by atoms with Crippen LogP contribution in [-0.4, -0.2) is 64.7 Å². The quantitative estimate of drug-likeness (QED) is 0.106. The number of nitrogens with one attached hydrogen (secondary N) is 3. The van der Waals surface area contributed by atoms with Crippen molar-refractivity contribution in [3.8, 4) is 39.4 Å². The van der Waals surface area contributed by atoms with Crippen LogP contribution in [0, 0.1) is 0 Å². The van der Waals surface area contributed by atoms with Crippen LogP contribution in [0.25, 0.3) is 33.5 Å². The molecule has 8 nitrogen and oxygen atoms in total. The number of aliphatic imine (C=N–C) groups is 1. The molecule has 1 aromatic heterocycles. The number of carbonyl (C=O) groups excluding carboxylic acids is 2. The number of nitrogens with zero attached hydrogens (tertiary/aromatic N) is 2. The number of aromatic nitrogens is 1. The van der Waals surface area contributed by atoms with E-state index < -0.39 is 0 Å². The molecule has 1 fully saturated rings. The highest BCUT2D eigenvalue weighted by Crippen LogP contribution is 2.38. The van der Waals surface area contributed by atoms with Gasteiger partial charge in [-0.1, -0.05) is 110 Å². The predicted octanol–water partition coefficient (Wildman–Crippen LogP) is 7.18. The largest absolute Gasteiger partial charge is 0.494 e. The van der Waals surface area contributed by atoms with Crippen LogP contribution in [0.5, 0.6) is 5.88 Å². The molecule has 0 saturated carbocycles. The van der Waals surface area contributed by atoms with Gasteiger partial charge in [-0.25, -0.2) is 4.99 Å². The topological polar surface area (TPSA) is 110 Å². The first-order valence-corrected chi connectivity index (χ1v) is 17.6. The molecule has 1 saturated heterocycles. The molecule has 3 heterocycles. The lowest BCUT2D eigenvalue weighted by atomic mass is 9.97. The van der Waals surface area contributed by atoms with Gasteiger partial charge in [-0.3, -0.25) is 9.59 Å². The maximum Gasteiger partial charge on any atom is 0.280 e. The monoisotopic (exact) mass is 665 g/mol. The van der Waals surface area contributed by atoms with E-state index in [1.807, 2.05) is 91.0 Å².